The molecule has 2 aliphatic rings. The molecule has 138 valence electrons. The fraction of sp³-hybridized carbons (Fsp3) is 0.278. The molecule has 0 N–H and O–H groups in total. The summed E-state index contributed by atoms with van der Waals surface area (Å²) in [6, 6.07) is 8.02. The maximum absolute atomic E-state index is 13.4. The van der Waals surface area contributed by atoms with Crippen molar-refractivity contribution >= 4 is 43.5 Å². The zero-order valence-corrected chi connectivity index (χ0v) is 17.4. The van der Waals surface area contributed by atoms with E-state index in [9.17, 15) is 13.2 Å². The molecule has 1 unspecified atom stereocenters. The Bertz CT molecular complexity index is 953. The lowest BCUT2D eigenvalue weighted by Gasteiger charge is -2.38. The third kappa shape index (κ3) is 2.92. The van der Waals surface area contributed by atoms with Crippen molar-refractivity contribution in [3.05, 3.63) is 63.3 Å². The van der Waals surface area contributed by atoms with Crippen molar-refractivity contribution in [2.75, 3.05) is 6.61 Å². The van der Waals surface area contributed by atoms with Crippen molar-refractivity contribution in [2.45, 2.75) is 30.7 Å². The number of halogens is 2. The number of hydrogen-bond acceptors (Lipinski definition) is 4. The maximum atomic E-state index is 13.4. The standard InChI is InChI=1S/C18H17BrClNO4S/c1-3-25-17(22)16-15(19)14-11-12(20)9-10-18(14,2)21(16)26(23,24)13-7-5-4-6-8-13/h4-9,11H,3,10H2,1-2H3. The Hall–Kier alpha value is -1.57. The van der Waals surface area contributed by atoms with Crippen LogP contribution in [-0.2, 0) is 19.6 Å². The van der Waals surface area contributed by atoms with Gasteiger partial charge in [0.2, 0.25) is 0 Å². The highest BCUT2D eigenvalue weighted by atomic mass is 79.9. The maximum Gasteiger partial charge on any atom is 0.356 e. The van der Waals surface area contributed by atoms with Crippen molar-refractivity contribution in [3.63, 3.8) is 0 Å². The first-order chi connectivity index (χ1) is 12.2. The SMILES string of the molecule is CCOC(=O)C1=C(Br)C2=CC(Cl)=CCC2(C)N1S(=O)(=O)c1ccccc1. The lowest BCUT2D eigenvalue weighted by atomic mass is 9.87. The van der Waals surface area contributed by atoms with Crippen LogP contribution in [0.3, 0.4) is 0 Å². The molecule has 1 aliphatic heterocycles. The van der Waals surface area contributed by atoms with Crippen LogP contribution in [0.1, 0.15) is 20.3 Å². The highest BCUT2D eigenvalue weighted by Crippen LogP contribution is 2.51. The molecule has 3 rings (SSSR count). The lowest BCUT2D eigenvalue weighted by Crippen LogP contribution is -2.48. The number of ether oxygens (including phenoxy) is 1. The van der Waals surface area contributed by atoms with Crippen LogP contribution in [0.5, 0.6) is 0 Å². The summed E-state index contributed by atoms with van der Waals surface area (Å²) < 4.78 is 33.5. The second-order valence-corrected chi connectivity index (χ2v) is 9.11. The van der Waals surface area contributed by atoms with Gasteiger partial charge in [-0.3, -0.25) is 0 Å². The van der Waals surface area contributed by atoms with Gasteiger partial charge in [0.15, 0.2) is 5.70 Å². The number of sulfonamides is 1. The van der Waals surface area contributed by atoms with E-state index in [0.29, 0.717) is 21.5 Å². The average molecular weight is 459 g/mol. The minimum Gasteiger partial charge on any atom is -0.461 e. The zero-order chi connectivity index (χ0) is 19.1. The van der Waals surface area contributed by atoms with Crippen molar-refractivity contribution < 1.29 is 17.9 Å². The molecule has 1 heterocycles. The van der Waals surface area contributed by atoms with E-state index in [1.807, 2.05) is 0 Å². The number of carbonyl (C=O) groups is 1. The first kappa shape index (κ1) is 19.2. The molecule has 0 fully saturated rings. The first-order valence-corrected chi connectivity index (χ1v) is 10.6. The molecule has 0 saturated carbocycles. The summed E-state index contributed by atoms with van der Waals surface area (Å²) in [6.07, 6.45) is 3.75. The Kier molecular flexibility index (Phi) is 5.07. The number of allylic oxidation sites excluding steroid dienone is 2. The molecule has 5 nitrogen and oxygen atoms in total. The molecule has 1 aromatic rings. The smallest absolute Gasteiger partial charge is 0.356 e. The van der Waals surface area contributed by atoms with Gasteiger partial charge in [-0.15, -0.1) is 0 Å². The van der Waals surface area contributed by atoms with Crippen LogP contribution in [0.4, 0.5) is 0 Å². The largest absolute Gasteiger partial charge is 0.461 e. The number of benzene rings is 1. The molecule has 0 saturated heterocycles. The molecule has 26 heavy (non-hydrogen) atoms. The summed E-state index contributed by atoms with van der Waals surface area (Å²) in [7, 11) is -4.00. The molecular weight excluding hydrogens is 442 g/mol. The Morgan fingerprint density at radius 2 is 2.00 bits per heavy atom. The molecule has 1 atom stereocenters. The van der Waals surface area contributed by atoms with E-state index < -0.39 is 21.5 Å². The Morgan fingerprint density at radius 3 is 2.62 bits per heavy atom. The van der Waals surface area contributed by atoms with E-state index in [2.05, 4.69) is 15.9 Å². The number of carbonyl (C=O) groups excluding carboxylic acids is 1. The number of fused-ring (bicyclic) bond motifs is 1. The topological polar surface area (TPSA) is 63.7 Å². The van der Waals surface area contributed by atoms with Gasteiger partial charge in [-0.1, -0.05) is 35.9 Å². The average Bonchev–Trinajstić information content (AvgIpc) is 2.85. The minimum atomic E-state index is -4.00. The van der Waals surface area contributed by atoms with Gasteiger partial charge in [-0.05, 0) is 60.0 Å². The Labute approximate surface area is 166 Å². The Balaban J connectivity index is 2.24. The fourth-order valence-electron chi connectivity index (χ4n) is 3.17. The molecule has 0 amide bonds. The van der Waals surface area contributed by atoms with E-state index in [1.54, 1.807) is 44.2 Å². The quantitative estimate of drug-likeness (QED) is 0.638. The Morgan fingerprint density at radius 1 is 1.35 bits per heavy atom. The third-order valence-corrected chi connectivity index (χ3v) is 7.40. The first-order valence-electron chi connectivity index (χ1n) is 7.99. The van der Waals surface area contributed by atoms with Crippen molar-refractivity contribution in [1.29, 1.82) is 0 Å². The predicted molar refractivity (Wildman–Crippen MR) is 103 cm³/mol. The summed E-state index contributed by atoms with van der Waals surface area (Å²) in [5.41, 5.74) is -0.384. The summed E-state index contributed by atoms with van der Waals surface area (Å²) in [5, 5.41) is 0.497. The van der Waals surface area contributed by atoms with Gasteiger partial charge in [-0.2, -0.15) is 0 Å². The normalized spacial score (nSPS) is 22.7. The van der Waals surface area contributed by atoms with Gasteiger partial charge in [0, 0.05) is 5.03 Å². The lowest BCUT2D eigenvalue weighted by molar-refractivity contribution is -0.140. The zero-order valence-electron chi connectivity index (χ0n) is 14.2. The molecule has 8 heteroatoms. The minimum absolute atomic E-state index is 0.0378. The van der Waals surface area contributed by atoms with E-state index in [-0.39, 0.29) is 17.2 Å². The second-order valence-electron chi connectivity index (χ2n) is 6.09. The summed E-state index contributed by atoms with van der Waals surface area (Å²) >= 11 is 9.54. The van der Waals surface area contributed by atoms with Crippen LogP contribution in [0.25, 0.3) is 0 Å². The van der Waals surface area contributed by atoms with Crippen molar-refractivity contribution in [2.24, 2.45) is 0 Å². The second kappa shape index (κ2) is 6.87. The van der Waals surface area contributed by atoms with Gasteiger partial charge in [0.05, 0.1) is 21.5 Å². The van der Waals surface area contributed by atoms with E-state index >= 15 is 0 Å². The van der Waals surface area contributed by atoms with E-state index in [1.165, 1.54) is 12.1 Å². The number of hydrogen-bond donors (Lipinski definition) is 0. The molecule has 0 spiro atoms. The number of nitrogens with zero attached hydrogens (tertiary/aromatic N) is 1. The van der Waals surface area contributed by atoms with Crippen molar-refractivity contribution in [1.82, 2.24) is 4.31 Å². The van der Waals surface area contributed by atoms with Crippen LogP contribution in [0.2, 0.25) is 0 Å². The molecule has 1 aromatic carbocycles. The van der Waals surface area contributed by atoms with Crippen LogP contribution >= 0.6 is 27.5 Å². The number of esters is 1. The summed E-state index contributed by atoms with van der Waals surface area (Å²) in [6.45, 7) is 3.58. The molecule has 1 aliphatic carbocycles. The molecule has 0 bridgehead atoms. The summed E-state index contributed by atoms with van der Waals surface area (Å²) in [4.78, 5) is 12.7. The summed E-state index contributed by atoms with van der Waals surface area (Å²) in [5.74, 6) is -0.702. The molecule has 0 aromatic heterocycles. The van der Waals surface area contributed by atoms with Crippen LogP contribution in [0.15, 0.2) is 68.2 Å². The number of rotatable bonds is 4. The van der Waals surface area contributed by atoms with Crippen molar-refractivity contribution in [3.8, 4) is 0 Å². The van der Waals surface area contributed by atoms with Gasteiger partial charge in [-0.25, -0.2) is 17.5 Å². The van der Waals surface area contributed by atoms with Gasteiger partial charge in [0.1, 0.15) is 0 Å². The molecular formula is C18H17BrClNO4S. The van der Waals surface area contributed by atoms with E-state index in [4.69, 9.17) is 16.3 Å². The third-order valence-electron chi connectivity index (χ3n) is 4.40. The van der Waals surface area contributed by atoms with Gasteiger partial charge in [0.25, 0.3) is 10.0 Å². The fourth-order valence-corrected chi connectivity index (χ4v) is 6.18. The van der Waals surface area contributed by atoms with Gasteiger partial charge < -0.3 is 4.74 Å². The molecule has 0 radical (unpaired) electrons. The van der Waals surface area contributed by atoms with Crippen LogP contribution in [-0.4, -0.2) is 30.8 Å². The van der Waals surface area contributed by atoms with E-state index in [0.717, 1.165) is 4.31 Å². The monoisotopic (exact) mass is 457 g/mol. The van der Waals surface area contributed by atoms with Gasteiger partial charge >= 0.3 is 5.97 Å². The predicted octanol–water partition coefficient (Wildman–Crippen LogP) is 4.07. The highest BCUT2D eigenvalue weighted by molar-refractivity contribution is 9.12. The van der Waals surface area contributed by atoms with Crippen LogP contribution < -0.4 is 0 Å². The van der Waals surface area contributed by atoms with Crippen LogP contribution in [0, 0.1) is 0 Å². The highest BCUT2D eigenvalue weighted by Gasteiger charge is 2.54.